The molecular formula is C64H104O6. The van der Waals surface area contributed by atoms with Crippen LogP contribution in [-0.4, -0.2) is 37.2 Å². The minimum atomic E-state index is -0.792. The fourth-order valence-electron chi connectivity index (χ4n) is 7.49. The van der Waals surface area contributed by atoms with Gasteiger partial charge in [0.25, 0.3) is 0 Å². The summed E-state index contributed by atoms with van der Waals surface area (Å²) in [5.41, 5.74) is 0. The zero-order valence-electron chi connectivity index (χ0n) is 45.2. The highest BCUT2D eigenvalue weighted by molar-refractivity contribution is 5.71. The lowest BCUT2D eigenvalue weighted by molar-refractivity contribution is -0.167. The van der Waals surface area contributed by atoms with Gasteiger partial charge in [0.1, 0.15) is 13.2 Å². The highest BCUT2D eigenvalue weighted by atomic mass is 16.6. The minimum Gasteiger partial charge on any atom is -0.462 e. The van der Waals surface area contributed by atoms with Gasteiger partial charge in [-0.25, -0.2) is 0 Å². The van der Waals surface area contributed by atoms with Crippen LogP contribution in [0, 0.1) is 0 Å². The van der Waals surface area contributed by atoms with Crippen LogP contribution in [-0.2, 0) is 28.6 Å². The summed E-state index contributed by atoms with van der Waals surface area (Å²) in [6.45, 7) is 6.31. The fraction of sp³-hybridized carbons (Fsp3) is 0.641. The fourth-order valence-corrected chi connectivity index (χ4v) is 7.49. The molecule has 0 aliphatic carbocycles. The first kappa shape index (κ1) is 65.8. The van der Waals surface area contributed by atoms with Crippen LogP contribution in [0.2, 0.25) is 0 Å². The summed E-state index contributed by atoms with van der Waals surface area (Å²) in [6, 6.07) is 0. The van der Waals surface area contributed by atoms with E-state index in [9.17, 15) is 14.4 Å². The third-order valence-electron chi connectivity index (χ3n) is 11.7. The van der Waals surface area contributed by atoms with Gasteiger partial charge in [-0.3, -0.25) is 14.4 Å². The van der Waals surface area contributed by atoms with Crippen molar-refractivity contribution in [3.63, 3.8) is 0 Å². The minimum absolute atomic E-state index is 0.0918. The number of esters is 3. The number of hydrogen-bond donors (Lipinski definition) is 0. The Hall–Kier alpha value is -4.19. The van der Waals surface area contributed by atoms with E-state index in [4.69, 9.17) is 14.2 Å². The number of hydrogen-bond acceptors (Lipinski definition) is 6. The molecule has 1 atom stereocenters. The molecule has 0 saturated carbocycles. The second kappa shape index (κ2) is 57.4. The van der Waals surface area contributed by atoms with Crippen LogP contribution in [0.1, 0.15) is 245 Å². The molecule has 6 nitrogen and oxygen atoms in total. The summed E-state index contributed by atoms with van der Waals surface area (Å²) in [7, 11) is 0. The molecule has 0 heterocycles. The van der Waals surface area contributed by atoms with Gasteiger partial charge >= 0.3 is 17.9 Å². The average Bonchev–Trinajstić information content (AvgIpc) is 3.36. The molecule has 0 fully saturated rings. The summed E-state index contributed by atoms with van der Waals surface area (Å²) in [5, 5.41) is 0. The molecule has 0 radical (unpaired) electrons. The molecule has 0 rings (SSSR count). The quantitative estimate of drug-likeness (QED) is 0.0262. The maximum atomic E-state index is 12.7. The normalized spacial score (nSPS) is 13.0. The molecule has 1 unspecified atom stereocenters. The molecule has 0 aromatic heterocycles. The Morgan fingerprint density at radius 3 is 0.886 bits per heavy atom. The van der Waals surface area contributed by atoms with E-state index in [0.29, 0.717) is 19.3 Å². The van der Waals surface area contributed by atoms with Gasteiger partial charge in [-0.05, 0) is 109 Å². The summed E-state index contributed by atoms with van der Waals surface area (Å²) in [6.07, 6.45) is 79.5. The standard InChI is InChI=1S/C64H104O6/c1-4-7-10-13-16-18-20-22-23-24-25-26-27-28-29-30-31-32-33-34-35-36-37-38-39-40-41-43-44-46-48-51-54-57-63(66)69-60-61(59-68-62(65)56-53-50-15-12-9-6-3)70-64(67)58-55-52-49-47-45-42-21-19-17-14-11-8-5-2/h7-8,10-11,16-19,22-23,25-26,28-29,31-32,34-35,42,45,61H,4-6,9,12-15,20-21,24,27,30,33,36-41,43-44,46-60H2,1-3H3/b10-7-,11-8-,18-16-,19-17-,23-22-,26-25-,29-28-,32-31-,35-34-,45-42-. The number of unbranched alkanes of at least 4 members (excludes halogenated alkanes) is 19. The molecule has 0 bridgehead atoms. The first-order valence-corrected chi connectivity index (χ1v) is 28.5. The van der Waals surface area contributed by atoms with Crippen LogP contribution in [0.15, 0.2) is 122 Å². The van der Waals surface area contributed by atoms with Crippen LogP contribution in [0.4, 0.5) is 0 Å². The van der Waals surface area contributed by atoms with E-state index in [2.05, 4.69) is 142 Å². The maximum absolute atomic E-state index is 12.7. The van der Waals surface area contributed by atoms with E-state index in [1.54, 1.807) is 0 Å². The number of carbonyl (C=O) groups is 3. The second-order valence-electron chi connectivity index (χ2n) is 18.4. The molecule has 6 heteroatoms. The van der Waals surface area contributed by atoms with Gasteiger partial charge in [0.2, 0.25) is 0 Å². The lowest BCUT2D eigenvalue weighted by Crippen LogP contribution is -2.30. The van der Waals surface area contributed by atoms with Crippen molar-refractivity contribution in [3.8, 4) is 0 Å². The molecular weight excluding hydrogens is 865 g/mol. The molecule has 70 heavy (non-hydrogen) atoms. The van der Waals surface area contributed by atoms with Crippen molar-refractivity contribution >= 4 is 17.9 Å². The van der Waals surface area contributed by atoms with E-state index in [1.807, 2.05) is 0 Å². The van der Waals surface area contributed by atoms with Gasteiger partial charge in [0.05, 0.1) is 0 Å². The highest BCUT2D eigenvalue weighted by Gasteiger charge is 2.19. The van der Waals surface area contributed by atoms with Crippen molar-refractivity contribution < 1.29 is 28.6 Å². The summed E-state index contributed by atoms with van der Waals surface area (Å²) >= 11 is 0. The summed E-state index contributed by atoms with van der Waals surface area (Å²) in [5.74, 6) is -0.939. The Balaban J connectivity index is 4.07. The Morgan fingerprint density at radius 2 is 0.557 bits per heavy atom. The van der Waals surface area contributed by atoms with Gasteiger partial charge in [0.15, 0.2) is 6.10 Å². The Kier molecular flexibility index (Phi) is 54.0. The molecule has 0 saturated heterocycles. The molecule has 0 aliphatic rings. The van der Waals surface area contributed by atoms with E-state index in [-0.39, 0.29) is 31.1 Å². The third-order valence-corrected chi connectivity index (χ3v) is 11.7. The van der Waals surface area contributed by atoms with E-state index >= 15 is 0 Å². The predicted molar refractivity (Wildman–Crippen MR) is 302 cm³/mol. The molecule has 396 valence electrons. The topological polar surface area (TPSA) is 78.9 Å². The maximum Gasteiger partial charge on any atom is 0.306 e. The Labute approximate surface area is 431 Å². The highest BCUT2D eigenvalue weighted by Crippen LogP contribution is 2.14. The van der Waals surface area contributed by atoms with Gasteiger partial charge in [-0.2, -0.15) is 0 Å². The van der Waals surface area contributed by atoms with Crippen molar-refractivity contribution in [2.45, 2.75) is 252 Å². The summed E-state index contributed by atoms with van der Waals surface area (Å²) < 4.78 is 16.7. The molecule has 0 spiro atoms. The molecule has 0 N–H and O–H groups in total. The van der Waals surface area contributed by atoms with Crippen LogP contribution < -0.4 is 0 Å². The average molecular weight is 970 g/mol. The largest absolute Gasteiger partial charge is 0.462 e. The monoisotopic (exact) mass is 969 g/mol. The first-order valence-electron chi connectivity index (χ1n) is 28.5. The van der Waals surface area contributed by atoms with Crippen molar-refractivity contribution in [1.29, 1.82) is 0 Å². The second-order valence-corrected chi connectivity index (χ2v) is 18.4. The Morgan fingerprint density at radius 1 is 0.300 bits per heavy atom. The SMILES string of the molecule is CC/C=C\C/C=C\C/C=C\C/C=C\C/C=C\C/C=C\C/C=C\CCCCCCCCCCCCCC(=O)OCC(COC(=O)CCCCCCCC)OC(=O)CCCCC/C=C\C/C=C\C/C=C\CC. The van der Waals surface area contributed by atoms with Crippen LogP contribution in [0.5, 0.6) is 0 Å². The number of rotatable bonds is 50. The van der Waals surface area contributed by atoms with Gasteiger partial charge < -0.3 is 14.2 Å². The van der Waals surface area contributed by atoms with Crippen molar-refractivity contribution in [2.75, 3.05) is 13.2 Å². The number of carbonyl (C=O) groups excluding carboxylic acids is 3. The lowest BCUT2D eigenvalue weighted by Gasteiger charge is -2.18. The van der Waals surface area contributed by atoms with Crippen LogP contribution in [0.3, 0.4) is 0 Å². The van der Waals surface area contributed by atoms with Crippen molar-refractivity contribution in [3.05, 3.63) is 122 Å². The van der Waals surface area contributed by atoms with E-state index in [1.165, 1.54) is 77.0 Å². The van der Waals surface area contributed by atoms with Gasteiger partial charge in [0, 0.05) is 19.3 Å². The zero-order valence-corrected chi connectivity index (χ0v) is 45.2. The van der Waals surface area contributed by atoms with E-state index < -0.39 is 6.10 Å². The van der Waals surface area contributed by atoms with Crippen molar-refractivity contribution in [2.24, 2.45) is 0 Å². The molecule has 0 aliphatic heterocycles. The number of ether oxygens (including phenoxy) is 3. The van der Waals surface area contributed by atoms with Gasteiger partial charge in [-0.15, -0.1) is 0 Å². The molecule has 0 amide bonds. The van der Waals surface area contributed by atoms with Crippen molar-refractivity contribution in [1.82, 2.24) is 0 Å². The smallest absolute Gasteiger partial charge is 0.306 e. The van der Waals surface area contributed by atoms with E-state index in [0.717, 1.165) is 128 Å². The van der Waals surface area contributed by atoms with Crippen LogP contribution in [0.25, 0.3) is 0 Å². The Bertz CT molecular complexity index is 1490. The molecule has 0 aromatic rings. The first-order chi connectivity index (χ1) is 34.5. The lowest BCUT2D eigenvalue weighted by atomic mass is 10.0. The van der Waals surface area contributed by atoms with Gasteiger partial charge in [-0.1, -0.05) is 239 Å². The van der Waals surface area contributed by atoms with Crippen LogP contribution >= 0.6 is 0 Å². The third kappa shape index (κ3) is 54.7. The predicted octanol–water partition coefficient (Wildman–Crippen LogP) is 19.3. The zero-order chi connectivity index (χ0) is 50.7. The number of allylic oxidation sites excluding steroid dienone is 20. The molecule has 0 aromatic carbocycles. The summed E-state index contributed by atoms with van der Waals surface area (Å²) in [4.78, 5) is 37.8.